The van der Waals surface area contributed by atoms with Crippen LogP contribution in [0.25, 0.3) is 0 Å². The molecule has 0 spiro atoms. The number of esters is 1. The summed E-state index contributed by atoms with van der Waals surface area (Å²) in [5.41, 5.74) is 0.682. The fourth-order valence-electron chi connectivity index (χ4n) is 1.74. The summed E-state index contributed by atoms with van der Waals surface area (Å²) in [5, 5.41) is 0. The van der Waals surface area contributed by atoms with Crippen molar-refractivity contribution < 1.29 is 14.3 Å². The Morgan fingerprint density at radius 1 is 1.30 bits per heavy atom. The minimum Gasteiger partial charge on any atom is -0.493 e. The van der Waals surface area contributed by atoms with Crippen LogP contribution in [0.3, 0.4) is 0 Å². The van der Waals surface area contributed by atoms with E-state index < -0.39 is 5.60 Å². The zero-order valence-corrected chi connectivity index (χ0v) is 14.4. The fourth-order valence-corrected chi connectivity index (χ4v) is 2.12. The highest BCUT2D eigenvalue weighted by Crippen LogP contribution is 2.29. The van der Waals surface area contributed by atoms with E-state index in [1.54, 1.807) is 0 Å². The predicted octanol–water partition coefficient (Wildman–Crippen LogP) is 4.68. The van der Waals surface area contributed by atoms with Gasteiger partial charge in [-0.2, -0.15) is 0 Å². The molecule has 0 unspecified atom stereocenters. The summed E-state index contributed by atoms with van der Waals surface area (Å²) < 4.78 is 12.0. The van der Waals surface area contributed by atoms with E-state index in [2.05, 4.69) is 29.8 Å². The van der Waals surface area contributed by atoms with Crippen LogP contribution in [0, 0.1) is 0 Å². The number of carbonyl (C=O) groups is 1. The third-order valence-electron chi connectivity index (χ3n) is 2.58. The molecule has 0 saturated heterocycles. The molecule has 0 N–H and O–H groups in total. The van der Waals surface area contributed by atoms with E-state index in [9.17, 15) is 4.79 Å². The Hall–Kier alpha value is -1.03. The van der Waals surface area contributed by atoms with E-state index in [4.69, 9.17) is 9.47 Å². The van der Waals surface area contributed by atoms with E-state index in [0.717, 1.165) is 15.8 Å². The molecule has 0 bridgehead atoms. The SMILES string of the molecule is CC(C)c1cc(Br)ccc1OCCC(=O)OC(C)(C)C. The van der Waals surface area contributed by atoms with Gasteiger partial charge in [-0.3, -0.25) is 4.79 Å². The highest BCUT2D eigenvalue weighted by Gasteiger charge is 2.16. The molecule has 0 aromatic heterocycles. The Morgan fingerprint density at radius 3 is 2.50 bits per heavy atom. The summed E-state index contributed by atoms with van der Waals surface area (Å²) in [7, 11) is 0. The summed E-state index contributed by atoms with van der Waals surface area (Å²) in [6.07, 6.45) is 0.255. The van der Waals surface area contributed by atoms with E-state index in [1.807, 2.05) is 39.0 Å². The van der Waals surface area contributed by atoms with Gasteiger partial charge in [-0.05, 0) is 50.5 Å². The first-order valence-corrected chi connectivity index (χ1v) is 7.62. The molecule has 112 valence electrons. The van der Waals surface area contributed by atoms with Gasteiger partial charge in [0.2, 0.25) is 0 Å². The normalized spacial score (nSPS) is 11.6. The quantitative estimate of drug-likeness (QED) is 0.728. The van der Waals surface area contributed by atoms with Crippen LogP contribution >= 0.6 is 15.9 Å². The van der Waals surface area contributed by atoms with Crippen LogP contribution in [-0.4, -0.2) is 18.2 Å². The van der Waals surface area contributed by atoms with Crippen molar-refractivity contribution >= 4 is 21.9 Å². The Morgan fingerprint density at radius 2 is 1.95 bits per heavy atom. The van der Waals surface area contributed by atoms with Gasteiger partial charge >= 0.3 is 5.97 Å². The van der Waals surface area contributed by atoms with Crippen molar-refractivity contribution in [2.75, 3.05) is 6.61 Å². The monoisotopic (exact) mass is 342 g/mol. The molecule has 0 fully saturated rings. The molecule has 0 aliphatic heterocycles. The van der Waals surface area contributed by atoms with Gasteiger partial charge in [0.05, 0.1) is 13.0 Å². The third kappa shape index (κ3) is 5.95. The van der Waals surface area contributed by atoms with Gasteiger partial charge in [-0.25, -0.2) is 0 Å². The molecule has 3 nitrogen and oxygen atoms in total. The molecule has 0 radical (unpaired) electrons. The van der Waals surface area contributed by atoms with Crippen molar-refractivity contribution in [3.05, 3.63) is 28.2 Å². The molecule has 20 heavy (non-hydrogen) atoms. The van der Waals surface area contributed by atoms with Crippen molar-refractivity contribution in [3.8, 4) is 5.75 Å². The van der Waals surface area contributed by atoms with Gasteiger partial charge < -0.3 is 9.47 Å². The number of hydrogen-bond acceptors (Lipinski definition) is 3. The maximum atomic E-state index is 11.6. The Bertz CT molecular complexity index is 461. The highest BCUT2D eigenvalue weighted by atomic mass is 79.9. The van der Waals surface area contributed by atoms with Gasteiger partial charge in [0.1, 0.15) is 11.4 Å². The lowest BCUT2D eigenvalue weighted by Gasteiger charge is -2.20. The fraction of sp³-hybridized carbons (Fsp3) is 0.562. The molecule has 1 aromatic rings. The predicted molar refractivity (Wildman–Crippen MR) is 84.2 cm³/mol. The van der Waals surface area contributed by atoms with Gasteiger partial charge in [0.25, 0.3) is 0 Å². The molecule has 1 aromatic carbocycles. The van der Waals surface area contributed by atoms with Crippen molar-refractivity contribution in [1.82, 2.24) is 0 Å². The van der Waals surface area contributed by atoms with Gasteiger partial charge in [0, 0.05) is 4.47 Å². The second-order valence-electron chi connectivity index (χ2n) is 6.02. The lowest BCUT2D eigenvalue weighted by molar-refractivity contribution is -0.155. The molecular formula is C16H23BrO3. The zero-order chi connectivity index (χ0) is 15.3. The maximum Gasteiger partial charge on any atom is 0.309 e. The summed E-state index contributed by atoms with van der Waals surface area (Å²) in [6.45, 7) is 10.1. The van der Waals surface area contributed by atoms with Gasteiger partial charge in [-0.15, -0.1) is 0 Å². The Balaban J connectivity index is 2.56. The van der Waals surface area contributed by atoms with E-state index in [-0.39, 0.29) is 12.4 Å². The van der Waals surface area contributed by atoms with Crippen molar-refractivity contribution in [1.29, 1.82) is 0 Å². The van der Waals surface area contributed by atoms with Crippen LogP contribution in [0.15, 0.2) is 22.7 Å². The molecule has 0 aliphatic carbocycles. The average molecular weight is 343 g/mol. The lowest BCUT2D eigenvalue weighted by Crippen LogP contribution is -2.24. The first-order chi connectivity index (χ1) is 9.19. The van der Waals surface area contributed by atoms with Gasteiger partial charge in [-0.1, -0.05) is 29.8 Å². The standard InChI is InChI=1S/C16H23BrO3/c1-11(2)13-10-12(17)6-7-14(13)19-9-8-15(18)20-16(3,4)5/h6-7,10-11H,8-9H2,1-5H3. The van der Waals surface area contributed by atoms with Crippen LogP contribution in [0.1, 0.15) is 52.5 Å². The first-order valence-electron chi connectivity index (χ1n) is 6.83. The molecule has 1 rings (SSSR count). The molecule has 0 atom stereocenters. The molecule has 0 saturated carbocycles. The summed E-state index contributed by atoms with van der Waals surface area (Å²) in [6, 6.07) is 5.91. The van der Waals surface area contributed by atoms with Crippen LogP contribution in [-0.2, 0) is 9.53 Å². The van der Waals surface area contributed by atoms with Crippen LogP contribution < -0.4 is 4.74 Å². The minimum atomic E-state index is -0.447. The average Bonchev–Trinajstić information content (AvgIpc) is 2.28. The van der Waals surface area contributed by atoms with Crippen LogP contribution in [0.5, 0.6) is 5.75 Å². The topological polar surface area (TPSA) is 35.5 Å². The molecule has 4 heteroatoms. The van der Waals surface area contributed by atoms with E-state index in [1.165, 1.54) is 0 Å². The number of carbonyl (C=O) groups excluding carboxylic acids is 1. The minimum absolute atomic E-state index is 0.235. The second kappa shape index (κ2) is 7.11. The number of hydrogen-bond donors (Lipinski definition) is 0. The number of ether oxygens (including phenoxy) is 2. The van der Waals surface area contributed by atoms with E-state index in [0.29, 0.717) is 12.5 Å². The summed E-state index contributed by atoms with van der Waals surface area (Å²) in [5.74, 6) is 0.955. The molecule has 0 aliphatic rings. The molecule has 0 heterocycles. The number of benzene rings is 1. The third-order valence-corrected chi connectivity index (χ3v) is 3.07. The van der Waals surface area contributed by atoms with Crippen molar-refractivity contribution in [3.63, 3.8) is 0 Å². The summed E-state index contributed by atoms with van der Waals surface area (Å²) >= 11 is 3.46. The Kier molecular flexibility index (Phi) is 6.06. The molecule has 0 amide bonds. The van der Waals surface area contributed by atoms with Crippen LogP contribution in [0.2, 0.25) is 0 Å². The largest absolute Gasteiger partial charge is 0.493 e. The maximum absolute atomic E-state index is 11.6. The van der Waals surface area contributed by atoms with Crippen LogP contribution in [0.4, 0.5) is 0 Å². The zero-order valence-electron chi connectivity index (χ0n) is 12.8. The first kappa shape index (κ1) is 17.0. The second-order valence-corrected chi connectivity index (χ2v) is 6.94. The molecular weight excluding hydrogens is 320 g/mol. The smallest absolute Gasteiger partial charge is 0.309 e. The highest BCUT2D eigenvalue weighted by molar-refractivity contribution is 9.10. The number of rotatable bonds is 5. The Labute approximate surface area is 129 Å². The van der Waals surface area contributed by atoms with Crippen molar-refractivity contribution in [2.45, 2.75) is 52.6 Å². The van der Waals surface area contributed by atoms with E-state index >= 15 is 0 Å². The summed E-state index contributed by atoms with van der Waals surface area (Å²) in [4.78, 5) is 11.6. The number of halogens is 1. The lowest BCUT2D eigenvalue weighted by atomic mass is 10.0. The van der Waals surface area contributed by atoms with Gasteiger partial charge in [0.15, 0.2) is 0 Å². The van der Waals surface area contributed by atoms with Crippen molar-refractivity contribution in [2.24, 2.45) is 0 Å².